The topological polar surface area (TPSA) is 57.9 Å². The predicted molar refractivity (Wildman–Crippen MR) is 80.0 cm³/mol. The zero-order valence-electron chi connectivity index (χ0n) is 11.6. The summed E-state index contributed by atoms with van der Waals surface area (Å²) >= 11 is 1.70. The molecule has 0 aliphatic heterocycles. The summed E-state index contributed by atoms with van der Waals surface area (Å²) in [5, 5.41) is 15.6. The minimum Gasteiger partial charge on any atom is -0.495 e. The average molecular weight is 287 g/mol. The Hall–Kier alpha value is -1.90. The summed E-state index contributed by atoms with van der Waals surface area (Å²) in [5.41, 5.74) is 2.74. The molecule has 1 N–H and O–H groups in total. The van der Waals surface area contributed by atoms with Gasteiger partial charge in [-0.15, -0.1) is 11.3 Å². The zero-order chi connectivity index (χ0) is 14.4. The Morgan fingerprint density at radius 1 is 1.45 bits per heavy atom. The van der Waals surface area contributed by atoms with Crippen LogP contribution in [0.5, 0.6) is 5.75 Å². The number of hydrogen-bond acceptors (Lipinski definition) is 5. The molecule has 2 aromatic rings. The zero-order valence-corrected chi connectivity index (χ0v) is 12.5. The van der Waals surface area contributed by atoms with Gasteiger partial charge in [-0.3, -0.25) is 0 Å². The van der Waals surface area contributed by atoms with Crippen molar-refractivity contribution in [3.05, 3.63) is 45.4 Å². The highest BCUT2D eigenvalue weighted by atomic mass is 32.1. The normalized spacial score (nSPS) is 10.2. The Balaban J connectivity index is 1.84. The van der Waals surface area contributed by atoms with E-state index in [4.69, 9.17) is 10.00 Å². The largest absolute Gasteiger partial charge is 0.495 e. The molecule has 1 aromatic carbocycles. The van der Waals surface area contributed by atoms with Gasteiger partial charge in [0.2, 0.25) is 0 Å². The highest BCUT2D eigenvalue weighted by Gasteiger charge is 2.03. The second-order valence-corrected chi connectivity index (χ2v) is 5.40. The first-order chi connectivity index (χ1) is 9.72. The maximum atomic E-state index is 9.04. The number of aromatic nitrogens is 1. The van der Waals surface area contributed by atoms with Crippen LogP contribution in [0.1, 0.15) is 21.8 Å². The molecule has 2 rings (SSSR count). The number of thiazole rings is 1. The molecular formula is C15H17N3OS. The summed E-state index contributed by atoms with van der Waals surface area (Å²) in [5.74, 6) is 0.620. The van der Waals surface area contributed by atoms with Crippen molar-refractivity contribution in [1.29, 1.82) is 5.26 Å². The van der Waals surface area contributed by atoms with E-state index in [2.05, 4.69) is 21.8 Å². The number of ether oxygens (including phenoxy) is 1. The lowest BCUT2D eigenvalue weighted by atomic mass is 10.1. The highest BCUT2D eigenvalue weighted by Crippen LogP contribution is 2.18. The molecular weight excluding hydrogens is 270 g/mol. The standard InChI is InChI=1S/C15H17N3OS/c1-11-10-20-15(18-11)5-6-17-9-12-3-4-14(19-2)13(7-12)8-16/h3-4,7,10,17H,5-6,9H2,1-2H3. The lowest BCUT2D eigenvalue weighted by Crippen LogP contribution is -2.16. The van der Waals surface area contributed by atoms with Gasteiger partial charge in [0.1, 0.15) is 11.8 Å². The number of benzene rings is 1. The molecule has 0 fully saturated rings. The lowest BCUT2D eigenvalue weighted by molar-refractivity contribution is 0.413. The minimum absolute atomic E-state index is 0.572. The minimum atomic E-state index is 0.572. The van der Waals surface area contributed by atoms with Gasteiger partial charge in [-0.1, -0.05) is 6.07 Å². The lowest BCUT2D eigenvalue weighted by Gasteiger charge is -2.07. The number of hydrogen-bond donors (Lipinski definition) is 1. The van der Waals surface area contributed by atoms with Crippen molar-refractivity contribution in [2.45, 2.75) is 19.9 Å². The number of aryl methyl sites for hydroxylation is 1. The summed E-state index contributed by atoms with van der Waals surface area (Å²) in [6, 6.07) is 7.81. The molecule has 0 amide bonds. The van der Waals surface area contributed by atoms with E-state index in [1.54, 1.807) is 18.4 Å². The fourth-order valence-corrected chi connectivity index (χ4v) is 2.67. The van der Waals surface area contributed by atoms with Gasteiger partial charge < -0.3 is 10.1 Å². The Bertz CT molecular complexity index is 616. The van der Waals surface area contributed by atoms with Crippen LogP contribution in [0.15, 0.2) is 23.6 Å². The quantitative estimate of drug-likeness (QED) is 0.830. The molecule has 4 nitrogen and oxygen atoms in total. The van der Waals surface area contributed by atoms with Crippen LogP contribution in [0.2, 0.25) is 0 Å². The van der Waals surface area contributed by atoms with Crippen molar-refractivity contribution in [3.8, 4) is 11.8 Å². The van der Waals surface area contributed by atoms with Crippen molar-refractivity contribution < 1.29 is 4.74 Å². The first-order valence-corrected chi connectivity index (χ1v) is 7.29. The molecule has 0 saturated carbocycles. The van der Waals surface area contributed by atoms with Crippen molar-refractivity contribution in [1.82, 2.24) is 10.3 Å². The number of nitriles is 1. The van der Waals surface area contributed by atoms with E-state index in [1.807, 2.05) is 25.1 Å². The Labute approximate surface area is 123 Å². The molecule has 0 unspecified atom stereocenters. The van der Waals surface area contributed by atoms with Gasteiger partial charge in [0.05, 0.1) is 17.7 Å². The van der Waals surface area contributed by atoms with E-state index >= 15 is 0 Å². The molecule has 0 aliphatic rings. The van der Waals surface area contributed by atoms with Gasteiger partial charge >= 0.3 is 0 Å². The van der Waals surface area contributed by atoms with Gasteiger partial charge in [-0.25, -0.2) is 4.98 Å². The van der Waals surface area contributed by atoms with Crippen LogP contribution >= 0.6 is 11.3 Å². The summed E-state index contributed by atoms with van der Waals surface area (Å²) in [6.45, 7) is 3.62. The summed E-state index contributed by atoms with van der Waals surface area (Å²) < 4.78 is 5.13. The highest BCUT2D eigenvalue weighted by molar-refractivity contribution is 7.09. The first-order valence-electron chi connectivity index (χ1n) is 6.41. The van der Waals surface area contributed by atoms with Crippen LogP contribution in [0.4, 0.5) is 0 Å². The van der Waals surface area contributed by atoms with E-state index in [1.165, 1.54) is 0 Å². The monoisotopic (exact) mass is 287 g/mol. The van der Waals surface area contributed by atoms with Crippen molar-refractivity contribution in [3.63, 3.8) is 0 Å². The molecule has 104 valence electrons. The van der Waals surface area contributed by atoms with Gasteiger partial charge in [-0.05, 0) is 24.6 Å². The van der Waals surface area contributed by atoms with Crippen molar-refractivity contribution >= 4 is 11.3 Å². The molecule has 0 radical (unpaired) electrons. The third-order valence-electron chi connectivity index (χ3n) is 2.90. The maximum Gasteiger partial charge on any atom is 0.136 e. The van der Waals surface area contributed by atoms with E-state index in [-0.39, 0.29) is 0 Å². The Morgan fingerprint density at radius 3 is 2.95 bits per heavy atom. The van der Waals surface area contributed by atoms with Gasteiger partial charge in [0, 0.05) is 30.6 Å². The second-order valence-electron chi connectivity index (χ2n) is 4.46. The number of nitrogens with one attached hydrogen (secondary N) is 1. The molecule has 0 saturated heterocycles. The molecule has 0 spiro atoms. The second kappa shape index (κ2) is 7.04. The van der Waals surface area contributed by atoms with Crippen LogP contribution in [-0.4, -0.2) is 18.6 Å². The van der Waals surface area contributed by atoms with Crippen LogP contribution in [0.25, 0.3) is 0 Å². The number of methoxy groups -OCH3 is 1. The Kier molecular flexibility index (Phi) is 5.10. The molecule has 20 heavy (non-hydrogen) atoms. The van der Waals surface area contributed by atoms with Crippen LogP contribution in [0, 0.1) is 18.3 Å². The third kappa shape index (κ3) is 3.80. The van der Waals surface area contributed by atoms with E-state index < -0.39 is 0 Å². The first kappa shape index (κ1) is 14.5. The van der Waals surface area contributed by atoms with Gasteiger partial charge in [-0.2, -0.15) is 5.26 Å². The molecule has 1 heterocycles. The van der Waals surface area contributed by atoms with Gasteiger partial charge in [0.15, 0.2) is 0 Å². The van der Waals surface area contributed by atoms with Crippen molar-refractivity contribution in [2.24, 2.45) is 0 Å². The van der Waals surface area contributed by atoms with E-state index in [0.717, 1.165) is 35.8 Å². The molecule has 0 aliphatic carbocycles. The fourth-order valence-electron chi connectivity index (χ4n) is 1.90. The smallest absolute Gasteiger partial charge is 0.136 e. The maximum absolute atomic E-state index is 9.04. The van der Waals surface area contributed by atoms with Gasteiger partial charge in [0.25, 0.3) is 0 Å². The SMILES string of the molecule is COc1ccc(CNCCc2nc(C)cs2)cc1C#N. The predicted octanol–water partition coefficient (Wildman–Crippen LogP) is 2.66. The van der Waals surface area contributed by atoms with E-state index in [9.17, 15) is 0 Å². The molecule has 0 atom stereocenters. The van der Waals surface area contributed by atoms with Crippen LogP contribution < -0.4 is 10.1 Å². The number of rotatable bonds is 6. The van der Waals surface area contributed by atoms with Crippen LogP contribution in [-0.2, 0) is 13.0 Å². The third-order valence-corrected chi connectivity index (χ3v) is 3.92. The number of nitrogens with zero attached hydrogens (tertiary/aromatic N) is 2. The molecule has 1 aromatic heterocycles. The van der Waals surface area contributed by atoms with Crippen LogP contribution in [0.3, 0.4) is 0 Å². The Morgan fingerprint density at radius 2 is 2.30 bits per heavy atom. The summed E-state index contributed by atoms with van der Waals surface area (Å²) in [4.78, 5) is 4.42. The summed E-state index contributed by atoms with van der Waals surface area (Å²) in [6.07, 6.45) is 0.930. The van der Waals surface area contributed by atoms with Crippen molar-refractivity contribution in [2.75, 3.05) is 13.7 Å². The van der Waals surface area contributed by atoms with E-state index in [0.29, 0.717) is 11.3 Å². The fraction of sp³-hybridized carbons (Fsp3) is 0.333. The molecule has 0 bridgehead atoms. The average Bonchev–Trinajstić information content (AvgIpc) is 2.89. The summed E-state index contributed by atoms with van der Waals surface area (Å²) in [7, 11) is 1.57. The molecule has 5 heteroatoms.